The van der Waals surface area contributed by atoms with Crippen molar-refractivity contribution in [3.63, 3.8) is 0 Å². The zero-order chi connectivity index (χ0) is 11.7. The second-order valence-electron chi connectivity index (χ2n) is 3.31. The van der Waals surface area contributed by atoms with E-state index in [1.807, 2.05) is 0 Å². The zero-order valence-corrected chi connectivity index (χ0v) is 8.85. The summed E-state index contributed by atoms with van der Waals surface area (Å²) in [4.78, 5) is 14.5. The molecule has 0 aromatic carbocycles. The van der Waals surface area contributed by atoms with E-state index in [0.717, 1.165) is 12.8 Å². The van der Waals surface area contributed by atoms with Crippen LogP contribution in [-0.4, -0.2) is 29.5 Å². The molecule has 0 aromatic heterocycles. The third-order valence-electron chi connectivity index (χ3n) is 1.91. The van der Waals surface area contributed by atoms with Crippen molar-refractivity contribution in [1.82, 2.24) is 0 Å². The molecule has 0 rings (SSSR count). The van der Waals surface area contributed by atoms with E-state index in [-0.39, 0.29) is 0 Å². The molecule has 0 amide bonds. The molecule has 0 heterocycles. The second-order valence-corrected chi connectivity index (χ2v) is 3.31. The average Bonchev–Trinajstić information content (AvgIpc) is 2.17. The zero-order valence-electron chi connectivity index (χ0n) is 8.85. The lowest BCUT2D eigenvalue weighted by atomic mass is 10.1. The van der Waals surface area contributed by atoms with Crippen LogP contribution in [0.2, 0.25) is 0 Å². The van der Waals surface area contributed by atoms with Gasteiger partial charge in [0.25, 0.3) is 0 Å². The van der Waals surface area contributed by atoms with Crippen molar-refractivity contribution in [3.05, 3.63) is 12.7 Å². The molecule has 0 radical (unpaired) electrons. The van der Waals surface area contributed by atoms with Gasteiger partial charge in [0, 0.05) is 13.0 Å². The van der Waals surface area contributed by atoms with Crippen LogP contribution in [0, 0.1) is 0 Å². The third-order valence-corrected chi connectivity index (χ3v) is 1.91. The highest BCUT2D eigenvalue weighted by atomic mass is 16.4. The minimum absolute atomic E-state index is 0.478. The van der Waals surface area contributed by atoms with Crippen LogP contribution < -0.4 is 11.5 Å². The van der Waals surface area contributed by atoms with Crippen molar-refractivity contribution >= 4 is 11.8 Å². The first-order valence-electron chi connectivity index (χ1n) is 4.96. The first-order chi connectivity index (χ1) is 7.07. The van der Waals surface area contributed by atoms with Gasteiger partial charge in [0.2, 0.25) is 0 Å². The van der Waals surface area contributed by atoms with Crippen molar-refractivity contribution in [2.75, 3.05) is 6.54 Å². The SMILES string of the molecule is C=CCC(N)=NCCCC[C@H](N)C(=O)O. The van der Waals surface area contributed by atoms with E-state index in [9.17, 15) is 4.79 Å². The first-order valence-corrected chi connectivity index (χ1v) is 4.96. The van der Waals surface area contributed by atoms with Crippen molar-refractivity contribution in [3.8, 4) is 0 Å². The Morgan fingerprint density at radius 1 is 1.53 bits per heavy atom. The van der Waals surface area contributed by atoms with Gasteiger partial charge in [0.15, 0.2) is 0 Å². The Kier molecular flexibility index (Phi) is 7.27. The molecule has 1 atom stereocenters. The minimum Gasteiger partial charge on any atom is -0.480 e. The molecule has 0 unspecified atom stereocenters. The summed E-state index contributed by atoms with van der Waals surface area (Å²) in [5.74, 6) is -0.391. The van der Waals surface area contributed by atoms with Crippen LogP contribution >= 0.6 is 0 Å². The summed E-state index contributed by atoms with van der Waals surface area (Å²) in [6.45, 7) is 4.16. The number of unbranched alkanes of at least 4 members (excludes halogenated alkanes) is 1. The highest BCUT2D eigenvalue weighted by Crippen LogP contribution is 1.99. The lowest BCUT2D eigenvalue weighted by Gasteiger charge is -2.04. The fourth-order valence-corrected chi connectivity index (χ4v) is 1.03. The van der Waals surface area contributed by atoms with Crippen LogP contribution in [0.1, 0.15) is 25.7 Å². The average molecular weight is 213 g/mol. The normalized spacial score (nSPS) is 13.5. The maximum atomic E-state index is 10.4. The lowest BCUT2D eigenvalue weighted by molar-refractivity contribution is -0.138. The van der Waals surface area contributed by atoms with Crippen molar-refractivity contribution in [2.45, 2.75) is 31.7 Å². The van der Waals surface area contributed by atoms with Gasteiger partial charge in [-0.25, -0.2) is 0 Å². The Labute approximate surface area is 89.9 Å². The minimum atomic E-state index is -0.954. The number of aliphatic carboxylic acids is 1. The van der Waals surface area contributed by atoms with Gasteiger partial charge < -0.3 is 16.6 Å². The highest BCUT2D eigenvalue weighted by Gasteiger charge is 2.09. The molecule has 0 spiro atoms. The number of amidine groups is 1. The summed E-state index contributed by atoms with van der Waals surface area (Å²) in [5, 5.41) is 8.51. The van der Waals surface area contributed by atoms with E-state index < -0.39 is 12.0 Å². The number of nitrogens with zero attached hydrogens (tertiary/aromatic N) is 1. The summed E-state index contributed by atoms with van der Waals surface area (Å²) in [7, 11) is 0. The number of hydrogen-bond acceptors (Lipinski definition) is 3. The molecule has 0 fully saturated rings. The van der Waals surface area contributed by atoms with Gasteiger partial charge in [-0.3, -0.25) is 9.79 Å². The Morgan fingerprint density at radius 2 is 2.20 bits per heavy atom. The standard InChI is InChI=1S/C10H19N3O2/c1-2-5-9(12)13-7-4-3-6-8(11)10(14)15/h2,8H,1,3-7,11H2,(H2,12,13)(H,14,15)/t8-/m0/s1. The molecular formula is C10H19N3O2. The number of carboxylic acids is 1. The first kappa shape index (κ1) is 13.6. The maximum absolute atomic E-state index is 10.4. The van der Waals surface area contributed by atoms with Gasteiger partial charge in [-0.05, 0) is 19.3 Å². The van der Waals surface area contributed by atoms with E-state index in [4.69, 9.17) is 16.6 Å². The van der Waals surface area contributed by atoms with Crippen LogP contribution in [-0.2, 0) is 4.79 Å². The van der Waals surface area contributed by atoms with Gasteiger partial charge in [-0.1, -0.05) is 6.08 Å². The number of carbonyl (C=O) groups is 1. The molecule has 0 aromatic rings. The Balaban J connectivity index is 3.50. The van der Waals surface area contributed by atoms with Gasteiger partial charge in [-0.2, -0.15) is 0 Å². The second kappa shape index (κ2) is 7.99. The maximum Gasteiger partial charge on any atom is 0.320 e. The molecule has 0 bridgehead atoms. The fourth-order valence-electron chi connectivity index (χ4n) is 1.03. The summed E-state index contributed by atoms with van der Waals surface area (Å²) >= 11 is 0. The highest BCUT2D eigenvalue weighted by molar-refractivity contribution is 5.81. The van der Waals surface area contributed by atoms with Crippen LogP contribution in [0.3, 0.4) is 0 Å². The van der Waals surface area contributed by atoms with E-state index >= 15 is 0 Å². The lowest BCUT2D eigenvalue weighted by Crippen LogP contribution is -2.29. The smallest absolute Gasteiger partial charge is 0.320 e. The molecule has 86 valence electrons. The number of nitrogens with two attached hydrogens (primary N) is 2. The number of aliphatic imine (C=N–C) groups is 1. The van der Waals surface area contributed by atoms with E-state index in [1.165, 1.54) is 0 Å². The van der Waals surface area contributed by atoms with Crippen LogP contribution in [0.25, 0.3) is 0 Å². The van der Waals surface area contributed by atoms with Crippen molar-refractivity contribution in [2.24, 2.45) is 16.5 Å². The largest absolute Gasteiger partial charge is 0.480 e. The van der Waals surface area contributed by atoms with Gasteiger partial charge in [0.05, 0.1) is 5.84 Å². The number of hydrogen-bond donors (Lipinski definition) is 3. The summed E-state index contributed by atoms with van der Waals surface area (Å²) < 4.78 is 0. The predicted octanol–water partition coefficient (Wildman–Crippen LogP) is 0.502. The van der Waals surface area contributed by atoms with Gasteiger partial charge in [-0.15, -0.1) is 6.58 Å². The van der Waals surface area contributed by atoms with E-state index in [2.05, 4.69) is 11.6 Å². The van der Waals surface area contributed by atoms with Crippen LogP contribution in [0.5, 0.6) is 0 Å². The Hall–Kier alpha value is -1.36. The summed E-state index contributed by atoms with van der Waals surface area (Å²) in [5.41, 5.74) is 10.9. The molecule has 0 aliphatic rings. The Bertz CT molecular complexity index is 239. The topological polar surface area (TPSA) is 102 Å². The number of rotatable bonds is 8. The molecule has 0 saturated carbocycles. The van der Waals surface area contributed by atoms with Gasteiger partial charge >= 0.3 is 5.97 Å². The molecule has 15 heavy (non-hydrogen) atoms. The van der Waals surface area contributed by atoms with Crippen molar-refractivity contribution < 1.29 is 9.90 Å². The quantitative estimate of drug-likeness (QED) is 0.236. The monoisotopic (exact) mass is 213 g/mol. The van der Waals surface area contributed by atoms with Crippen molar-refractivity contribution in [1.29, 1.82) is 0 Å². The van der Waals surface area contributed by atoms with Gasteiger partial charge in [0.1, 0.15) is 6.04 Å². The molecule has 5 N–H and O–H groups in total. The summed E-state index contributed by atoms with van der Waals surface area (Å²) in [6.07, 6.45) is 4.32. The fraction of sp³-hybridized carbons (Fsp3) is 0.600. The molecule has 5 heteroatoms. The van der Waals surface area contributed by atoms with E-state index in [0.29, 0.717) is 25.2 Å². The molecule has 0 saturated heterocycles. The molecule has 0 aliphatic carbocycles. The molecule has 5 nitrogen and oxygen atoms in total. The number of carboxylic acid groups (broad SMARTS) is 1. The molecular weight excluding hydrogens is 194 g/mol. The Morgan fingerprint density at radius 3 is 2.73 bits per heavy atom. The van der Waals surface area contributed by atoms with E-state index in [1.54, 1.807) is 6.08 Å². The predicted molar refractivity (Wildman–Crippen MR) is 60.8 cm³/mol. The van der Waals surface area contributed by atoms with Crippen LogP contribution in [0.4, 0.5) is 0 Å². The molecule has 0 aliphatic heterocycles. The third kappa shape index (κ3) is 7.69. The summed E-state index contributed by atoms with van der Waals surface area (Å²) in [6, 6.07) is -0.764. The van der Waals surface area contributed by atoms with Crippen LogP contribution in [0.15, 0.2) is 17.6 Å².